The summed E-state index contributed by atoms with van der Waals surface area (Å²) in [7, 11) is 1.58. The summed E-state index contributed by atoms with van der Waals surface area (Å²) < 4.78 is 5.33. The van der Waals surface area contributed by atoms with Gasteiger partial charge in [0.25, 0.3) is 5.69 Å². The Morgan fingerprint density at radius 3 is 2.54 bits per heavy atom. The van der Waals surface area contributed by atoms with Crippen molar-refractivity contribution in [2.24, 2.45) is 0 Å². The van der Waals surface area contributed by atoms with Gasteiger partial charge in [-0.1, -0.05) is 0 Å². The van der Waals surface area contributed by atoms with Crippen LogP contribution in [0.2, 0.25) is 0 Å². The number of hydrogen-bond donors (Lipinski definition) is 0. The highest BCUT2D eigenvalue weighted by Crippen LogP contribution is 2.25. The Kier molecular flexibility index (Phi) is 4.85. The zero-order chi connectivity index (χ0) is 16.9. The van der Waals surface area contributed by atoms with Gasteiger partial charge in [0.2, 0.25) is 5.95 Å². The van der Waals surface area contributed by atoms with Crippen LogP contribution in [-0.2, 0) is 6.54 Å². The van der Waals surface area contributed by atoms with Crippen molar-refractivity contribution < 1.29 is 9.66 Å². The van der Waals surface area contributed by atoms with E-state index in [-0.39, 0.29) is 10.6 Å². The standard InChI is InChI=1S/C16H19N5O3/c1-24-15-4-3-14(21(22)23)11-13(15)12-19-7-9-20(10-8-19)16-17-5-2-6-18-16/h2-6,11H,7-10,12H2,1H3. The summed E-state index contributed by atoms with van der Waals surface area (Å²) in [5.74, 6) is 1.42. The van der Waals surface area contributed by atoms with Gasteiger partial charge >= 0.3 is 0 Å². The topological polar surface area (TPSA) is 84.6 Å². The molecule has 1 aromatic carbocycles. The van der Waals surface area contributed by atoms with Crippen LogP contribution < -0.4 is 9.64 Å². The predicted molar refractivity (Wildman–Crippen MR) is 89.2 cm³/mol. The summed E-state index contributed by atoms with van der Waals surface area (Å²) in [5.41, 5.74) is 0.915. The third kappa shape index (κ3) is 3.60. The highest BCUT2D eigenvalue weighted by atomic mass is 16.6. The molecular weight excluding hydrogens is 310 g/mol. The van der Waals surface area contributed by atoms with Gasteiger partial charge in [-0.25, -0.2) is 9.97 Å². The second-order valence-corrected chi connectivity index (χ2v) is 5.57. The summed E-state index contributed by atoms with van der Waals surface area (Å²) >= 11 is 0. The Hall–Kier alpha value is -2.74. The smallest absolute Gasteiger partial charge is 0.270 e. The van der Waals surface area contributed by atoms with Crippen LogP contribution in [0.15, 0.2) is 36.7 Å². The van der Waals surface area contributed by atoms with Gasteiger partial charge in [0.15, 0.2) is 0 Å². The van der Waals surface area contributed by atoms with Crippen LogP contribution in [0.25, 0.3) is 0 Å². The van der Waals surface area contributed by atoms with Crippen molar-refractivity contribution in [1.29, 1.82) is 0 Å². The maximum atomic E-state index is 11.0. The summed E-state index contributed by atoms with van der Waals surface area (Å²) in [6.45, 7) is 3.94. The molecule has 126 valence electrons. The fraction of sp³-hybridized carbons (Fsp3) is 0.375. The van der Waals surface area contributed by atoms with Gasteiger partial charge in [-0.2, -0.15) is 0 Å². The third-order valence-electron chi connectivity index (χ3n) is 4.08. The van der Waals surface area contributed by atoms with Crippen molar-refractivity contribution in [2.45, 2.75) is 6.54 Å². The number of non-ortho nitro benzene ring substituents is 1. The van der Waals surface area contributed by atoms with Crippen LogP contribution >= 0.6 is 0 Å². The number of nitro groups is 1. The molecule has 0 radical (unpaired) electrons. The Bertz CT molecular complexity index is 702. The van der Waals surface area contributed by atoms with Crippen molar-refractivity contribution in [2.75, 3.05) is 38.2 Å². The molecule has 1 aliphatic heterocycles. The second-order valence-electron chi connectivity index (χ2n) is 5.57. The zero-order valence-corrected chi connectivity index (χ0v) is 13.5. The highest BCUT2D eigenvalue weighted by Gasteiger charge is 2.21. The van der Waals surface area contributed by atoms with E-state index in [0.717, 1.165) is 37.7 Å². The largest absolute Gasteiger partial charge is 0.496 e. The molecule has 2 heterocycles. The molecule has 0 spiro atoms. The van der Waals surface area contributed by atoms with E-state index in [9.17, 15) is 10.1 Å². The van der Waals surface area contributed by atoms with Crippen LogP contribution in [0.3, 0.4) is 0 Å². The maximum Gasteiger partial charge on any atom is 0.270 e. The third-order valence-corrected chi connectivity index (χ3v) is 4.08. The first-order valence-corrected chi connectivity index (χ1v) is 7.73. The number of piperazine rings is 1. The predicted octanol–water partition coefficient (Wildman–Crippen LogP) is 1.72. The van der Waals surface area contributed by atoms with Crippen molar-refractivity contribution in [3.05, 3.63) is 52.3 Å². The fourth-order valence-corrected chi connectivity index (χ4v) is 2.80. The molecule has 0 saturated carbocycles. The molecule has 8 heteroatoms. The van der Waals surface area contributed by atoms with E-state index in [1.807, 2.05) is 0 Å². The lowest BCUT2D eigenvalue weighted by molar-refractivity contribution is -0.385. The average molecular weight is 329 g/mol. The molecule has 0 aliphatic carbocycles. The second kappa shape index (κ2) is 7.22. The minimum absolute atomic E-state index is 0.0853. The van der Waals surface area contributed by atoms with Gasteiger partial charge in [0.1, 0.15) is 5.75 Å². The summed E-state index contributed by atoms with van der Waals surface area (Å²) in [6, 6.07) is 6.51. The maximum absolute atomic E-state index is 11.0. The van der Waals surface area contributed by atoms with Gasteiger partial charge in [-0.3, -0.25) is 15.0 Å². The Morgan fingerprint density at radius 2 is 1.92 bits per heavy atom. The molecule has 3 rings (SSSR count). The monoisotopic (exact) mass is 329 g/mol. The number of nitrogens with zero attached hydrogens (tertiary/aromatic N) is 5. The van der Waals surface area contributed by atoms with Crippen LogP contribution in [0.5, 0.6) is 5.75 Å². The summed E-state index contributed by atoms with van der Waals surface area (Å²) in [6.07, 6.45) is 3.48. The van der Waals surface area contributed by atoms with E-state index >= 15 is 0 Å². The van der Waals surface area contributed by atoms with Gasteiger partial charge in [-0.15, -0.1) is 0 Å². The minimum Gasteiger partial charge on any atom is -0.496 e. The molecule has 1 fully saturated rings. The number of hydrogen-bond acceptors (Lipinski definition) is 7. The van der Waals surface area contributed by atoms with Crippen molar-refractivity contribution in [3.8, 4) is 5.75 Å². The Balaban J connectivity index is 1.65. The van der Waals surface area contributed by atoms with Crippen LogP contribution in [0.1, 0.15) is 5.56 Å². The Labute approximate surface area is 139 Å². The molecule has 1 aromatic heterocycles. The van der Waals surface area contributed by atoms with Crippen molar-refractivity contribution in [3.63, 3.8) is 0 Å². The first kappa shape index (κ1) is 16.1. The van der Waals surface area contributed by atoms with E-state index in [0.29, 0.717) is 12.3 Å². The lowest BCUT2D eigenvalue weighted by atomic mass is 10.1. The molecule has 1 saturated heterocycles. The quantitative estimate of drug-likeness (QED) is 0.610. The lowest BCUT2D eigenvalue weighted by Crippen LogP contribution is -2.46. The molecule has 24 heavy (non-hydrogen) atoms. The highest BCUT2D eigenvalue weighted by molar-refractivity contribution is 5.44. The molecule has 8 nitrogen and oxygen atoms in total. The molecule has 1 aliphatic rings. The Morgan fingerprint density at radius 1 is 1.21 bits per heavy atom. The van der Waals surface area contributed by atoms with Crippen LogP contribution in [0.4, 0.5) is 11.6 Å². The molecular formula is C16H19N5O3. The van der Waals surface area contributed by atoms with E-state index in [1.165, 1.54) is 6.07 Å². The van der Waals surface area contributed by atoms with E-state index < -0.39 is 0 Å². The first-order valence-electron chi connectivity index (χ1n) is 7.73. The average Bonchev–Trinajstić information content (AvgIpc) is 2.63. The number of ether oxygens (including phenoxy) is 1. The zero-order valence-electron chi connectivity index (χ0n) is 13.5. The molecule has 0 unspecified atom stereocenters. The minimum atomic E-state index is -0.381. The van der Waals surface area contributed by atoms with Gasteiger partial charge in [-0.05, 0) is 12.1 Å². The number of aromatic nitrogens is 2. The SMILES string of the molecule is COc1ccc([N+](=O)[O-])cc1CN1CCN(c2ncccn2)CC1. The lowest BCUT2D eigenvalue weighted by Gasteiger charge is -2.34. The molecule has 2 aromatic rings. The van der Waals surface area contributed by atoms with Crippen LogP contribution in [0, 0.1) is 10.1 Å². The normalized spacial score (nSPS) is 15.3. The van der Waals surface area contributed by atoms with E-state index in [2.05, 4.69) is 19.8 Å². The number of rotatable bonds is 5. The van der Waals surface area contributed by atoms with Gasteiger partial charge in [0.05, 0.1) is 12.0 Å². The molecule has 0 N–H and O–H groups in total. The molecule has 0 amide bonds. The van der Waals surface area contributed by atoms with Crippen molar-refractivity contribution >= 4 is 11.6 Å². The summed E-state index contributed by atoms with van der Waals surface area (Å²) in [4.78, 5) is 23.5. The van der Waals surface area contributed by atoms with Crippen molar-refractivity contribution in [1.82, 2.24) is 14.9 Å². The van der Waals surface area contributed by atoms with E-state index in [1.54, 1.807) is 37.7 Å². The first-order chi connectivity index (χ1) is 11.7. The number of benzene rings is 1. The van der Waals surface area contributed by atoms with Crippen LogP contribution in [-0.4, -0.2) is 53.1 Å². The number of anilines is 1. The number of methoxy groups -OCH3 is 1. The fourth-order valence-electron chi connectivity index (χ4n) is 2.80. The summed E-state index contributed by atoms with van der Waals surface area (Å²) in [5, 5.41) is 11.0. The van der Waals surface area contributed by atoms with Gasteiger partial charge in [0, 0.05) is 62.8 Å². The number of nitro benzene ring substituents is 1. The molecule has 0 atom stereocenters. The van der Waals surface area contributed by atoms with E-state index in [4.69, 9.17) is 4.74 Å². The van der Waals surface area contributed by atoms with Gasteiger partial charge < -0.3 is 9.64 Å². The molecule has 0 bridgehead atoms.